The third-order valence-corrected chi connectivity index (χ3v) is 5.61. The van der Waals surface area contributed by atoms with E-state index in [4.69, 9.17) is 11.6 Å². The zero-order valence-corrected chi connectivity index (χ0v) is 15.5. The molecule has 1 atom stereocenters. The molecule has 1 aromatic carbocycles. The minimum Gasteiger partial charge on any atom is -0.350 e. The van der Waals surface area contributed by atoms with E-state index in [0.717, 1.165) is 22.7 Å². The number of nitrogens with zero attached hydrogens (tertiary/aromatic N) is 2. The summed E-state index contributed by atoms with van der Waals surface area (Å²) in [4.78, 5) is 21.1. The van der Waals surface area contributed by atoms with Crippen LogP contribution >= 0.6 is 22.1 Å². The molecule has 1 amide bonds. The summed E-state index contributed by atoms with van der Waals surface area (Å²) in [5, 5.41) is 6.83. The van der Waals surface area contributed by atoms with Gasteiger partial charge < -0.3 is 5.32 Å². The van der Waals surface area contributed by atoms with Crippen molar-refractivity contribution in [2.45, 2.75) is 12.8 Å². The van der Waals surface area contributed by atoms with Crippen LogP contribution < -0.4 is 5.32 Å². The third-order valence-electron chi connectivity index (χ3n) is 3.79. The van der Waals surface area contributed by atoms with Crippen LogP contribution in [0.2, 0.25) is 5.02 Å². The highest BCUT2D eigenvalue weighted by atomic mass is 35.5. The Bertz CT molecular complexity index is 878. The third kappa shape index (κ3) is 4.87. The summed E-state index contributed by atoms with van der Waals surface area (Å²) in [6.45, 7) is 0.566. The molecule has 25 heavy (non-hydrogen) atoms. The van der Waals surface area contributed by atoms with E-state index in [-0.39, 0.29) is 16.4 Å². The molecule has 4 nitrogen and oxygen atoms in total. The summed E-state index contributed by atoms with van der Waals surface area (Å²) < 4.78 is 0. The number of amides is 1. The van der Waals surface area contributed by atoms with Gasteiger partial charge in [0.2, 0.25) is 5.01 Å². The number of carbonyl (C=O) groups excluding carboxylic acids is 1. The Kier molecular flexibility index (Phi) is 5.79. The molecule has 0 fully saturated rings. The van der Waals surface area contributed by atoms with Gasteiger partial charge in [-0.1, -0.05) is 29.8 Å². The first-order valence-corrected chi connectivity index (χ1v) is 10.1. The Balaban J connectivity index is 1.60. The molecule has 0 aliphatic rings. The highest BCUT2D eigenvalue weighted by molar-refractivity contribution is 7.27. The van der Waals surface area contributed by atoms with Crippen LogP contribution in [0.25, 0.3) is 0 Å². The van der Waals surface area contributed by atoms with Crippen molar-refractivity contribution in [3.63, 3.8) is 0 Å². The molecule has 3 aromatic rings. The smallest absolute Gasteiger partial charge is 0.269 e. The first-order chi connectivity index (χ1) is 12.1. The van der Waals surface area contributed by atoms with Gasteiger partial charge in [-0.3, -0.25) is 4.79 Å². The summed E-state index contributed by atoms with van der Waals surface area (Å²) >= 11 is 6.02. The van der Waals surface area contributed by atoms with Gasteiger partial charge in [-0.15, -0.1) is 0 Å². The van der Waals surface area contributed by atoms with Crippen LogP contribution in [0.15, 0.2) is 54.0 Å². The van der Waals surface area contributed by atoms with Gasteiger partial charge in [0, 0.05) is 23.7 Å². The number of rotatable bonds is 6. The Hall–Kier alpha value is -2.24. The first-order valence-electron chi connectivity index (χ1n) is 7.98. The molecule has 2 heterocycles. The molecule has 1 N–H and O–H groups in total. The Morgan fingerprint density at radius 1 is 1.24 bits per heavy atom. The van der Waals surface area contributed by atoms with Gasteiger partial charge >= 0.3 is 0 Å². The maximum atomic E-state index is 12.3. The number of pyridine rings is 1. The largest absolute Gasteiger partial charge is 0.350 e. The highest BCUT2D eigenvalue weighted by Crippen LogP contribution is 2.17. The molecule has 0 saturated carbocycles. The quantitative estimate of drug-likeness (QED) is 0.666. The number of aromatic nitrogens is 2. The van der Waals surface area contributed by atoms with Crippen LogP contribution in [0.3, 0.4) is 0 Å². The van der Waals surface area contributed by atoms with Crippen molar-refractivity contribution in [2.24, 2.45) is 6.26 Å². The lowest BCUT2D eigenvalue weighted by atomic mass is 10.1. The van der Waals surface area contributed by atoms with Crippen LogP contribution in [-0.4, -0.2) is 22.4 Å². The van der Waals surface area contributed by atoms with Crippen molar-refractivity contribution in [3.05, 3.63) is 81.0 Å². The number of carbonyl (C=O) groups is 1. The average Bonchev–Trinajstić information content (AvgIpc) is 3.00. The maximum Gasteiger partial charge on any atom is 0.269 e. The van der Waals surface area contributed by atoms with Gasteiger partial charge in [0.15, 0.2) is 5.38 Å². The van der Waals surface area contributed by atoms with Crippen molar-refractivity contribution < 1.29 is 4.79 Å². The molecule has 0 bridgehead atoms. The highest BCUT2D eigenvalue weighted by Gasteiger charge is 2.12. The predicted octanol–water partition coefficient (Wildman–Crippen LogP) is 3.98. The molecule has 0 spiro atoms. The number of halogens is 1. The number of aryl methyl sites for hydroxylation is 1. The average molecular weight is 373 g/mol. The van der Waals surface area contributed by atoms with Crippen molar-refractivity contribution in [1.82, 2.24) is 15.3 Å². The minimum atomic E-state index is -0.157. The van der Waals surface area contributed by atoms with Gasteiger partial charge in [0.25, 0.3) is 5.91 Å². The molecule has 0 radical (unpaired) electrons. The second kappa shape index (κ2) is 8.23. The van der Waals surface area contributed by atoms with Crippen LogP contribution in [0.1, 0.15) is 26.8 Å². The molecule has 128 valence electrons. The van der Waals surface area contributed by atoms with E-state index in [1.54, 1.807) is 6.07 Å². The maximum absolute atomic E-state index is 12.3. The predicted molar refractivity (Wildman–Crippen MR) is 102 cm³/mol. The minimum absolute atomic E-state index is 0.0936. The van der Waals surface area contributed by atoms with Gasteiger partial charge in [-0.25, -0.2) is 9.97 Å². The van der Waals surface area contributed by atoms with Gasteiger partial charge in [-0.2, -0.15) is 0 Å². The number of hydrogen-bond donors (Lipinski definition) is 1. The zero-order chi connectivity index (χ0) is 17.6. The Morgan fingerprint density at radius 3 is 2.84 bits per heavy atom. The summed E-state index contributed by atoms with van der Waals surface area (Å²) in [5.74, 6) is -0.157. The molecule has 2 aromatic heterocycles. The van der Waals surface area contributed by atoms with E-state index in [2.05, 4.69) is 26.9 Å². The van der Waals surface area contributed by atoms with Crippen LogP contribution in [0.4, 0.5) is 0 Å². The Morgan fingerprint density at radius 2 is 2.08 bits per heavy atom. The monoisotopic (exact) mass is 372 g/mol. The van der Waals surface area contributed by atoms with E-state index in [1.165, 1.54) is 0 Å². The summed E-state index contributed by atoms with van der Waals surface area (Å²) in [5.41, 5.74) is 2.34. The number of thiazole rings is 1. The van der Waals surface area contributed by atoms with Crippen molar-refractivity contribution in [1.29, 1.82) is 0 Å². The second-order valence-electron chi connectivity index (χ2n) is 5.69. The zero-order valence-electron chi connectivity index (χ0n) is 13.9. The molecular weight excluding hydrogens is 354 g/mol. The molecule has 6 heteroatoms. The van der Waals surface area contributed by atoms with E-state index < -0.39 is 0 Å². The number of benzene rings is 1. The summed E-state index contributed by atoms with van der Waals surface area (Å²) in [7, 11) is 0.0936. The molecule has 3 rings (SSSR count). The van der Waals surface area contributed by atoms with Gasteiger partial charge in [0.05, 0.1) is 12.6 Å². The SMILES string of the molecule is C[s+]1ccnc1CCNC(=O)c1cccc(Cc2cccc(Cl)c2)n1. The second-order valence-corrected chi connectivity index (χ2v) is 7.99. The Labute approximate surface area is 154 Å². The summed E-state index contributed by atoms with van der Waals surface area (Å²) in [6.07, 6.45) is 5.37. The lowest BCUT2D eigenvalue weighted by Crippen LogP contribution is -2.26. The van der Waals surface area contributed by atoms with E-state index in [0.29, 0.717) is 23.7 Å². The van der Waals surface area contributed by atoms with Gasteiger partial charge in [-0.05, 0) is 40.3 Å². The standard InChI is InChI=1S/C19H18ClN3OS/c1-25-11-10-21-18(25)8-9-22-19(24)17-7-3-6-16(23-17)13-14-4-2-5-15(20)12-14/h2-7,10-12H,8-9,13H2,1H3/p+1. The fraction of sp³-hybridized carbons (Fsp3) is 0.211. The normalized spacial score (nSPS) is 11.4. The van der Waals surface area contributed by atoms with Crippen molar-refractivity contribution in [3.8, 4) is 0 Å². The van der Waals surface area contributed by atoms with Gasteiger partial charge in [0.1, 0.15) is 11.9 Å². The topological polar surface area (TPSA) is 54.9 Å². The van der Waals surface area contributed by atoms with E-state index in [9.17, 15) is 4.79 Å². The molecule has 1 unspecified atom stereocenters. The lowest BCUT2D eigenvalue weighted by Gasteiger charge is -2.06. The van der Waals surface area contributed by atoms with Crippen molar-refractivity contribution >= 4 is 28.0 Å². The van der Waals surface area contributed by atoms with E-state index >= 15 is 0 Å². The van der Waals surface area contributed by atoms with Crippen LogP contribution in [0.5, 0.6) is 0 Å². The van der Waals surface area contributed by atoms with Crippen LogP contribution in [0, 0.1) is 0 Å². The molecule has 0 aliphatic carbocycles. The molecular formula is C19H19ClN3OS+. The molecule has 0 saturated heterocycles. The lowest BCUT2D eigenvalue weighted by molar-refractivity contribution is 0.0949. The first kappa shape index (κ1) is 17.6. The van der Waals surface area contributed by atoms with Crippen LogP contribution in [-0.2, 0) is 19.1 Å². The number of nitrogens with one attached hydrogen (secondary N) is 1. The number of hydrogen-bond acceptors (Lipinski definition) is 3. The van der Waals surface area contributed by atoms with Crippen molar-refractivity contribution in [2.75, 3.05) is 6.54 Å². The fourth-order valence-electron chi connectivity index (χ4n) is 2.53. The fourth-order valence-corrected chi connectivity index (χ4v) is 3.79. The summed E-state index contributed by atoms with van der Waals surface area (Å²) in [6, 6.07) is 13.2. The van der Waals surface area contributed by atoms with E-state index in [1.807, 2.05) is 42.6 Å². The molecule has 0 aliphatic heterocycles.